The highest BCUT2D eigenvalue weighted by molar-refractivity contribution is 6.31. The Hall–Kier alpha value is -1.59. The number of nitrogens with one attached hydrogen (secondary N) is 1. The van der Waals surface area contributed by atoms with Crippen molar-refractivity contribution in [1.82, 2.24) is 15.3 Å². The second-order valence-electron chi connectivity index (χ2n) is 6.56. The summed E-state index contributed by atoms with van der Waals surface area (Å²) < 4.78 is 0. The molecule has 1 aliphatic heterocycles. The molecule has 0 saturated carbocycles. The highest BCUT2D eigenvalue weighted by Crippen LogP contribution is 2.27. The molecule has 2 aromatic carbocycles. The van der Waals surface area contributed by atoms with Crippen LogP contribution < -0.4 is 10.2 Å². The zero-order chi connectivity index (χ0) is 17.2. The van der Waals surface area contributed by atoms with Crippen LogP contribution in [0, 0.1) is 0 Å². The van der Waals surface area contributed by atoms with E-state index in [0.29, 0.717) is 11.2 Å². The Morgan fingerprint density at radius 3 is 2.63 bits per heavy atom. The lowest BCUT2D eigenvalue weighted by molar-refractivity contribution is 0.483. The summed E-state index contributed by atoms with van der Waals surface area (Å²) in [6.07, 6.45) is 4.39. The van der Waals surface area contributed by atoms with Crippen molar-refractivity contribution in [2.75, 3.05) is 18.0 Å². The van der Waals surface area contributed by atoms with E-state index < -0.39 is 0 Å². The molecule has 3 aromatic rings. The minimum atomic E-state index is 0. The van der Waals surface area contributed by atoms with Crippen LogP contribution in [0.15, 0.2) is 54.9 Å². The van der Waals surface area contributed by atoms with E-state index in [0.717, 1.165) is 25.3 Å². The van der Waals surface area contributed by atoms with Crippen molar-refractivity contribution in [1.29, 1.82) is 0 Å². The van der Waals surface area contributed by atoms with E-state index in [-0.39, 0.29) is 30.9 Å². The van der Waals surface area contributed by atoms with Crippen molar-refractivity contribution >= 4 is 53.0 Å². The molecule has 1 saturated heterocycles. The predicted octanol–water partition coefficient (Wildman–Crippen LogP) is 5.06. The van der Waals surface area contributed by atoms with Crippen LogP contribution in [0.4, 0.5) is 5.82 Å². The van der Waals surface area contributed by atoms with Gasteiger partial charge < -0.3 is 10.2 Å². The van der Waals surface area contributed by atoms with Gasteiger partial charge in [0.2, 0.25) is 0 Å². The topological polar surface area (TPSA) is 41.0 Å². The highest BCUT2D eigenvalue weighted by Gasteiger charge is 2.26. The Morgan fingerprint density at radius 2 is 1.81 bits per heavy atom. The lowest BCUT2D eigenvalue weighted by atomic mass is 9.99. The van der Waals surface area contributed by atoms with E-state index in [1.807, 2.05) is 0 Å². The zero-order valence-corrected chi connectivity index (χ0v) is 17.4. The van der Waals surface area contributed by atoms with Crippen LogP contribution in [0.5, 0.6) is 0 Å². The molecule has 1 aliphatic rings. The SMILES string of the molecule is C[C@@H](NC1CCN(c2nccnc2Cl)C1)c1cccc2ccccc12.Cl.Cl. The summed E-state index contributed by atoms with van der Waals surface area (Å²) in [5.74, 6) is 0.784. The Bertz CT molecular complexity index is 884. The minimum Gasteiger partial charge on any atom is -0.352 e. The molecule has 4 rings (SSSR count). The average molecular weight is 426 g/mol. The van der Waals surface area contributed by atoms with E-state index in [1.165, 1.54) is 16.3 Å². The van der Waals surface area contributed by atoms with E-state index in [1.54, 1.807) is 12.4 Å². The van der Waals surface area contributed by atoms with Gasteiger partial charge in [-0.15, -0.1) is 24.8 Å². The van der Waals surface area contributed by atoms with Gasteiger partial charge in [-0.1, -0.05) is 54.1 Å². The van der Waals surface area contributed by atoms with Crippen LogP contribution in [0.2, 0.25) is 5.15 Å². The molecule has 1 aromatic heterocycles. The first-order valence-electron chi connectivity index (χ1n) is 8.67. The molecule has 27 heavy (non-hydrogen) atoms. The second kappa shape index (κ2) is 9.56. The number of hydrogen-bond acceptors (Lipinski definition) is 4. The number of benzene rings is 2. The molecule has 0 radical (unpaired) electrons. The summed E-state index contributed by atoms with van der Waals surface area (Å²) in [4.78, 5) is 10.7. The Morgan fingerprint density at radius 1 is 1.07 bits per heavy atom. The van der Waals surface area contributed by atoms with Gasteiger partial charge in [-0.2, -0.15) is 0 Å². The quantitative estimate of drug-likeness (QED) is 0.634. The summed E-state index contributed by atoms with van der Waals surface area (Å²) >= 11 is 6.18. The number of rotatable bonds is 4. The third-order valence-corrected chi connectivity index (χ3v) is 5.17. The molecule has 1 fully saturated rings. The van der Waals surface area contributed by atoms with Crippen molar-refractivity contribution < 1.29 is 0 Å². The molecule has 7 heteroatoms. The third-order valence-electron chi connectivity index (χ3n) is 4.90. The minimum absolute atomic E-state index is 0. The smallest absolute Gasteiger partial charge is 0.171 e. The number of aromatic nitrogens is 2. The number of nitrogens with zero attached hydrogens (tertiary/aromatic N) is 3. The van der Waals surface area contributed by atoms with Crippen molar-refractivity contribution in [2.45, 2.75) is 25.4 Å². The molecule has 144 valence electrons. The summed E-state index contributed by atoms with van der Waals surface area (Å²) in [5.41, 5.74) is 1.34. The second-order valence-corrected chi connectivity index (χ2v) is 6.92. The lowest BCUT2D eigenvalue weighted by Crippen LogP contribution is -2.34. The van der Waals surface area contributed by atoms with Gasteiger partial charge in [0, 0.05) is 37.6 Å². The van der Waals surface area contributed by atoms with Crippen molar-refractivity contribution in [3.8, 4) is 0 Å². The van der Waals surface area contributed by atoms with E-state index in [4.69, 9.17) is 11.6 Å². The monoisotopic (exact) mass is 424 g/mol. The summed E-state index contributed by atoms with van der Waals surface area (Å²) in [5, 5.41) is 6.85. The van der Waals surface area contributed by atoms with Crippen LogP contribution >= 0.6 is 36.4 Å². The lowest BCUT2D eigenvalue weighted by Gasteiger charge is -2.22. The first kappa shape index (κ1) is 21.7. The Kier molecular flexibility index (Phi) is 7.68. The van der Waals surface area contributed by atoms with Crippen LogP contribution in [0.3, 0.4) is 0 Å². The molecule has 0 amide bonds. The molecular weight excluding hydrogens is 403 g/mol. The van der Waals surface area contributed by atoms with Crippen molar-refractivity contribution in [2.24, 2.45) is 0 Å². The van der Waals surface area contributed by atoms with Gasteiger partial charge in [0.05, 0.1) is 0 Å². The molecule has 0 spiro atoms. The fourth-order valence-corrected chi connectivity index (χ4v) is 3.91. The summed E-state index contributed by atoms with van der Waals surface area (Å²) in [6, 6.07) is 15.8. The van der Waals surface area contributed by atoms with Crippen LogP contribution in [0.1, 0.15) is 24.9 Å². The summed E-state index contributed by atoms with van der Waals surface area (Å²) in [6.45, 7) is 4.07. The van der Waals surface area contributed by atoms with Crippen LogP contribution in [0.25, 0.3) is 10.8 Å². The molecule has 0 bridgehead atoms. The van der Waals surface area contributed by atoms with Crippen LogP contribution in [-0.4, -0.2) is 29.1 Å². The number of halogens is 3. The first-order valence-corrected chi connectivity index (χ1v) is 9.05. The third kappa shape index (κ3) is 4.64. The molecular formula is C20H23Cl3N4. The van der Waals surface area contributed by atoms with Gasteiger partial charge in [-0.25, -0.2) is 9.97 Å². The van der Waals surface area contributed by atoms with Gasteiger partial charge in [0.25, 0.3) is 0 Å². The fourth-order valence-electron chi connectivity index (χ4n) is 3.69. The Balaban J connectivity index is 0.00000131. The predicted molar refractivity (Wildman–Crippen MR) is 118 cm³/mol. The van der Waals surface area contributed by atoms with Crippen LogP contribution in [-0.2, 0) is 0 Å². The fraction of sp³-hybridized carbons (Fsp3) is 0.300. The normalized spacial score (nSPS) is 17.3. The summed E-state index contributed by atoms with van der Waals surface area (Å²) in [7, 11) is 0. The molecule has 4 nitrogen and oxygen atoms in total. The van der Waals surface area contributed by atoms with Gasteiger partial charge in [-0.3, -0.25) is 0 Å². The first-order chi connectivity index (χ1) is 12.2. The van der Waals surface area contributed by atoms with Gasteiger partial charge >= 0.3 is 0 Å². The maximum atomic E-state index is 6.18. The largest absolute Gasteiger partial charge is 0.352 e. The maximum Gasteiger partial charge on any atom is 0.171 e. The number of anilines is 1. The highest BCUT2D eigenvalue weighted by atomic mass is 35.5. The zero-order valence-electron chi connectivity index (χ0n) is 15.0. The molecule has 2 heterocycles. The standard InChI is InChI=1S/C20H21ClN4.2ClH/c1-14(17-8-4-6-15-5-2-3-7-18(15)17)24-16-9-12-25(13-16)20-19(21)22-10-11-23-20;;/h2-8,10-11,14,16,24H,9,12-13H2,1H3;2*1H/t14-,16?;;/m1../s1. The number of fused-ring (bicyclic) bond motifs is 1. The van der Waals surface area contributed by atoms with E-state index >= 15 is 0 Å². The Labute approximate surface area is 177 Å². The number of hydrogen-bond donors (Lipinski definition) is 1. The molecule has 2 atom stereocenters. The molecule has 1 N–H and O–H groups in total. The van der Waals surface area contributed by atoms with E-state index in [9.17, 15) is 0 Å². The average Bonchev–Trinajstić information content (AvgIpc) is 3.09. The van der Waals surface area contributed by atoms with Crippen molar-refractivity contribution in [3.63, 3.8) is 0 Å². The van der Waals surface area contributed by atoms with Gasteiger partial charge in [-0.05, 0) is 29.7 Å². The molecule has 1 unspecified atom stereocenters. The maximum absolute atomic E-state index is 6.18. The van der Waals surface area contributed by atoms with Gasteiger partial charge in [0.1, 0.15) is 0 Å². The van der Waals surface area contributed by atoms with Crippen molar-refractivity contribution in [3.05, 3.63) is 65.6 Å². The molecule has 0 aliphatic carbocycles. The van der Waals surface area contributed by atoms with Gasteiger partial charge in [0.15, 0.2) is 11.0 Å². The van der Waals surface area contributed by atoms with E-state index in [2.05, 4.69) is 69.6 Å².